The van der Waals surface area contributed by atoms with Crippen LogP contribution in [0, 0.1) is 0 Å². The van der Waals surface area contributed by atoms with Gasteiger partial charge in [0, 0.05) is 17.6 Å². The quantitative estimate of drug-likeness (QED) is 0.701. The summed E-state index contributed by atoms with van der Waals surface area (Å²) in [5, 5.41) is 2.95. The molecule has 1 amide bonds. The maximum absolute atomic E-state index is 12.3. The number of piperidine rings is 1. The van der Waals surface area contributed by atoms with Gasteiger partial charge in [-0.3, -0.25) is 9.69 Å². The fourth-order valence-electron chi connectivity index (χ4n) is 3.24. The first-order valence-electron chi connectivity index (χ1n) is 9.60. The number of ether oxygens (including phenoxy) is 1. The molecule has 0 aliphatic carbocycles. The topological polar surface area (TPSA) is 41.6 Å². The minimum Gasteiger partial charge on any atom is -0.481 e. The zero-order valence-electron chi connectivity index (χ0n) is 15.8. The van der Waals surface area contributed by atoms with Crippen LogP contribution >= 0.6 is 15.9 Å². The average molecular weight is 431 g/mol. The van der Waals surface area contributed by atoms with Crippen LogP contribution in [0.2, 0.25) is 0 Å². The molecule has 1 atom stereocenters. The van der Waals surface area contributed by atoms with E-state index in [0.29, 0.717) is 12.3 Å². The summed E-state index contributed by atoms with van der Waals surface area (Å²) in [5.74, 6) is 0.568. The van der Waals surface area contributed by atoms with Crippen molar-refractivity contribution in [2.75, 3.05) is 13.1 Å². The molecular weight excluding hydrogens is 404 g/mol. The van der Waals surface area contributed by atoms with E-state index in [0.717, 1.165) is 16.6 Å². The molecule has 1 heterocycles. The SMILES string of the molecule is CC(Oc1ccc(Br)cc1)C(=O)NCc1ccc(CN2CCCCC2)cc1. The Hall–Kier alpha value is -1.85. The maximum Gasteiger partial charge on any atom is 0.261 e. The fourth-order valence-corrected chi connectivity index (χ4v) is 3.51. The number of rotatable bonds is 7. The third kappa shape index (κ3) is 6.36. The van der Waals surface area contributed by atoms with Crippen LogP contribution in [-0.2, 0) is 17.9 Å². The lowest BCUT2D eigenvalue weighted by atomic mass is 10.1. The first-order chi connectivity index (χ1) is 13.1. The normalized spacial score (nSPS) is 15.9. The molecule has 1 aliphatic heterocycles. The average Bonchev–Trinajstić information content (AvgIpc) is 2.69. The number of nitrogens with one attached hydrogen (secondary N) is 1. The van der Waals surface area contributed by atoms with E-state index >= 15 is 0 Å². The number of halogens is 1. The summed E-state index contributed by atoms with van der Waals surface area (Å²) in [5.41, 5.74) is 2.43. The molecule has 4 nitrogen and oxygen atoms in total. The van der Waals surface area contributed by atoms with Crippen LogP contribution in [-0.4, -0.2) is 30.0 Å². The Kier molecular flexibility index (Phi) is 7.30. The Morgan fingerprint density at radius 1 is 1.04 bits per heavy atom. The second-order valence-electron chi connectivity index (χ2n) is 7.09. The molecule has 1 fully saturated rings. The van der Waals surface area contributed by atoms with Crippen molar-refractivity contribution in [3.05, 3.63) is 64.1 Å². The number of amides is 1. The third-order valence-corrected chi connectivity index (χ3v) is 5.37. The maximum atomic E-state index is 12.3. The van der Waals surface area contributed by atoms with Gasteiger partial charge >= 0.3 is 0 Å². The van der Waals surface area contributed by atoms with Gasteiger partial charge in [-0.25, -0.2) is 0 Å². The molecule has 0 aromatic heterocycles. The van der Waals surface area contributed by atoms with E-state index in [1.54, 1.807) is 6.92 Å². The zero-order chi connectivity index (χ0) is 19.1. The number of likely N-dealkylation sites (tertiary alicyclic amines) is 1. The predicted octanol–water partition coefficient (Wildman–Crippen LogP) is 4.52. The molecule has 144 valence electrons. The summed E-state index contributed by atoms with van der Waals surface area (Å²) in [6, 6.07) is 16.0. The van der Waals surface area contributed by atoms with Crippen molar-refractivity contribution in [3.8, 4) is 5.75 Å². The monoisotopic (exact) mass is 430 g/mol. The van der Waals surface area contributed by atoms with Crippen molar-refractivity contribution < 1.29 is 9.53 Å². The van der Waals surface area contributed by atoms with Crippen LogP contribution in [0.25, 0.3) is 0 Å². The molecule has 0 bridgehead atoms. The second kappa shape index (κ2) is 9.90. The van der Waals surface area contributed by atoms with Crippen LogP contribution in [0.4, 0.5) is 0 Å². The molecule has 1 unspecified atom stereocenters. The van der Waals surface area contributed by atoms with Gasteiger partial charge in [-0.05, 0) is 68.2 Å². The molecule has 0 saturated carbocycles. The Balaban J connectivity index is 1.44. The molecule has 2 aromatic carbocycles. The summed E-state index contributed by atoms with van der Waals surface area (Å²) in [7, 11) is 0. The number of carbonyl (C=O) groups is 1. The molecule has 0 radical (unpaired) electrons. The first kappa shape index (κ1) is 19.9. The third-order valence-electron chi connectivity index (χ3n) is 4.84. The molecule has 1 N–H and O–H groups in total. The minimum absolute atomic E-state index is 0.115. The fraction of sp³-hybridized carbons (Fsp3) is 0.409. The number of hydrogen-bond acceptors (Lipinski definition) is 3. The van der Waals surface area contributed by atoms with Crippen LogP contribution in [0.5, 0.6) is 5.75 Å². The van der Waals surface area contributed by atoms with Crippen LogP contribution in [0.3, 0.4) is 0 Å². The molecular formula is C22H27BrN2O2. The van der Waals surface area contributed by atoms with Crippen LogP contribution in [0.15, 0.2) is 53.0 Å². The van der Waals surface area contributed by atoms with Crippen molar-refractivity contribution >= 4 is 21.8 Å². The Morgan fingerprint density at radius 3 is 2.33 bits per heavy atom. The van der Waals surface area contributed by atoms with Gasteiger partial charge in [0.05, 0.1) is 0 Å². The van der Waals surface area contributed by atoms with E-state index in [-0.39, 0.29) is 5.91 Å². The molecule has 1 aliphatic rings. The van der Waals surface area contributed by atoms with Gasteiger partial charge in [0.1, 0.15) is 5.75 Å². The summed E-state index contributed by atoms with van der Waals surface area (Å²) >= 11 is 3.39. The summed E-state index contributed by atoms with van der Waals surface area (Å²) in [6.07, 6.45) is 3.44. The highest BCUT2D eigenvalue weighted by molar-refractivity contribution is 9.10. The van der Waals surface area contributed by atoms with Crippen molar-refractivity contribution in [3.63, 3.8) is 0 Å². The molecule has 2 aromatic rings. The van der Waals surface area contributed by atoms with Gasteiger partial charge in [-0.2, -0.15) is 0 Å². The van der Waals surface area contributed by atoms with Gasteiger partial charge < -0.3 is 10.1 Å². The summed E-state index contributed by atoms with van der Waals surface area (Å²) in [6.45, 7) is 5.70. The first-order valence-corrected chi connectivity index (χ1v) is 10.4. The van der Waals surface area contributed by atoms with Crippen molar-refractivity contribution in [1.82, 2.24) is 10.2 Å². The van der Waals surface area contributed by atoms with E-state index in [4.69, 9.17) is 4.74 Å². The Bertz CT molecular complexity index is 725. The van der Waals surface area contributed by atoms with E-state index in [2.05, 4.69) is 50.4 Å². The van der Waals surface area contributed by atoms with E-state index < -0.39 is 6.10 Å². The number of carbonyl (C=O) groups excluding carboxylic acids is 1. The smallest absolute Gasteiger partial charge is 0.261 e. The van der Waals surface area contributed by atoms with E-state index in [9.17, 15) is 4.79 Å². The van der Waals surface area contributed by atoms with Gasteiger partial charge in [0.15, 0.2) is 6.10 Å². The minimum atomic E-state index is -0.537. The number of nitrogens with zero attached hydrogens (tertiary/aromatic N) is 1. The van der Waals surface area contributed by atoms with Crippen LogP contribution in [0.1, 0.15) is 37.3 Å². The highest BCUT2D eigenvalue weighted by Crippen LogP contribution is 2.17. The lowest BCUT2D eigenvalue weighted by Crippen LogP contribution is -2.35. The lowest BCUT2D eigenvalue weighted by Gasteiger charge is -2.26. The van der Waals surface area contributed by atoms with Crippen LogP contribution < -0.4 is 10.1 Å². The standard InChI is InChI=1S/C22H27BrN2O2/c1-17(27-21-11-9-20(23)10-12-21)22(26)24-15-18-5-7-19(8-6-18)16-25-13-3-2-4-14-25/h5-12,17H,2-4,13-16H2,1H3,(H,24,26). The highest BCUT2D eigenvalue weighted by Gasteiger charge is 2.14. The van der Waals surface area contributed by atoms with Crippen molar-refractivity contribution in [2.45, 2.75) is 45.4 Å². The Morgan fingerprint density at radius 2 is 1.67 bits per heavy atom. The van der Waals surface area contributed by atoms with E-state index in [1.165, 1.54) is 37.9 Å². The largest absolute Gasteiger partial charge is 0.481 e. The number of hydrogen-bond donors (Lipinski definition) is 1. The van der Waals surface area contributed by atoms with Crippen molar-refractivity contribution in [2.24, 2.45) is 0 Å². The van der Waals surface area contributed by atoms with Gasteiger partial charge in [-0.1, -0.05) is 46.6 Å². The molecule has 27 heavy (non-hydrogen) atoms. The predicted molar refractivity (Wildman–Crippen MR) is 112 cm³/mol. The van der Waals surface area contributed by atoms with E-state index in [1.807, 2.05) is 24.3 Å². The van der Waals surface area contributed by atoms with Gasteiger partial charge in [0.25, 0.3) is 5.91 Å². The number of benzene rings is 2. The highest BCUT2D eigenvalue weighted by atomic mass is 79.9. The second-order valence-corrected chi connectivity index (χ2v) is 8.00. The molecule has 3 rings (SSSR count). The van der Waals surface area contributed by atoms with Gasteiger partial charge in [-0.15, -0.1) is 0 Å². The summed E-state index contributed by atoms with van der Waals surface area (Å²) < 4.78 is 6.67. The van der Waals surface area contributed by atoms with Crippen molar-refractivity contribution in [1.29, 1.82) is 0 Å². The van der Waals surface area contributed by atoms with Gasteiger partial charge in [0.2, 0.25) is 0 Å². The zero-order valence-corrected chi connectivity index (χ0v) is 17.4. The molecule has 1 saturated heterocycles. The molecule has 0 spiro atoms. The lowest BCUT2D eigenvalue weighted by molar-refractivity contribution is -0.127. The molecule has 5 heteroatoms. The summed E-state index contributed by atoms with van der Waals surface area (Å²) in [4.78, 5) is 14.8. The Labute approximate surface area is 170 Å².